The molecule has 1 N–H and O–H groups in total. The molecule has 1 heterocycles. The SMILES string of the molecule is Cc1ccc(OCC(=O)Nc2c(C#N)cnn2C)c(C)c1. The number of carbonyl (C=O) groups excluding carboxylic acids is 1. The Morgan fingerprint density at radius 2 is 2.24 bits per heavy atom. The third-order valence-corrected chi connectivity index (χ3v) is 3.01. The standard InChI is InChI=1S/C15H16N4O2/c1-10-4-5-13(11(2)6-10)21-9-14(20)18-15-12(7-16)8-17-19(15)3/h4-6,8H,9H2,1-3H3,(H,18,20). The second kappa shape index (κ2) is 6.09. The van der Waals surface area contributed by atoms with Crippen molar-refractivity contribution in [2.24, 2.45) is 7.05 Å². The molecule has 1 aromatic heterocycles. The zero-order valence-electron chi connectivity index (χ0n) is 12.2. The Morgan fingerprint density at radius 3 is 2.90 bits per heavy atom. The quantitative estimate of drug-likeness (QED) is 0.930. The molecule has 0 bridgehead atoms. The van der Waals surface area contributed by atoms with E-state index in [4.69, 9.17) is 10.00 Å². The molecule has 0 saturated heterocycles. The largest absolute Gasteiger partial charge is 0.483 e. The van der Waals surface area contributed by atoms with Crippen molar-refractivity contribution in [1.29, 1.82) is 5.26 Å². The summed E-state index contributed by atoms with van der Waals surface area (Å²) in [6.07, 6.45) is 1.40. The van der Waals surface area contributed by atoms with Gasteiger partial charge in [-0.15, -0.1) is 0 Å². The average molecular weight is 284 g/mol. The molecule has 21 heavy (non-hydrogen) atoms. The third kappa shape index (κ3) is 3.39. The molecule has 2 aromatic rings. The minimum absolute atomic E-state index is 0.125. The molecule has 1 aromatic carbocycles. The number of rotatable bonds is 4. The molecule has 0 spiro atoms. The fraction of sp³-hybridized carbons (Fsp3) is 0.267. The highest BCUT2D eigenvalue weighted by Crippen LogP contribution is 2.19. The number of hydrogen-bond acceptors (Lipinski definition) is 4. The molecule has 0 unspecified atom stereocenters. The van der Waals surface area contributed by atoms with E-state index in [-0.39, 0.29) is 12.5 Å². The van der Waals surface area contributed by atoms with Crippen molar-refractivity contribution >= 4 is 11.7 Å². The lowest BCUT2D eigenvalue weighted by Crippen LogP contribution is -2.22. The number of nitrogens with zero attached hydrogens (tertiary/aromatic N) is 3. The fourth-order valence-electron chi connectivity index (χ4n) is 1.94. The van der Waals surface area contributed by atoms with E-state index in [2.05, 4.69) is 10.4 Å². The lowest BCUT2D eigenvalue weighted by atomic mass is 10.1. The molecule has 6 nitrogen and oxygen atoms in total. The molecule has 0 atom stereocenters. The Kier molecular flexibility index (Phi) is 4.24. The minimum Gasteiger partial charge on any atom is -0.483 e. The van der Waals surface area contributed by atoms with Crippen molar-refractivity contribution in [3.8, 4) is 11.8 Å². The number of benzene rings is 1. The topological polar surface area (TPSA) is 79.9 Å². The summed E-state index contributed by atoms with van der Waals surface area (Å²) < 4.78 is 6.93. The minimum atomic E-state index is -0.338. The van der Waals surface area contributed by atoms with Crippen LogP contribution in [0.15, 0.2) is 24.4 Å². The van der Waals surface area contributed by atoms with Crippen LogP contribution in [0.5, 0.6) is 5.75 Å². The number of nitrogens with one attached hydrogen (secondary N) is 1. The summed E-state index contributed by atoms with van der Waals surface area (Å²) in [5.74, 6) is 0.697. The van der Waals surface area contributed by atoms with Crippen LogP contribution in [0.4, 0.5) is 5.82 Å². The van der Waals surface area contributed by atoms with E-state index >= 15 is 0 Å². The molecule has 0 fully saturated rings. The molecule has 6 heteroatoms. The number of amides is 1. The van der Waals surface area contributed by atoms with Crippen molar-refractivity contribution in [3.05, 3.63) is 41.1 Å². The molecule has 1 amide bonds. The van der Waals surface area contributed by atoms with Gasteiger partial charge in [0.25, 0.3) is 5.91 Å². The predicted molar refractivity (Wildman–Crippen MR) is 78.0 cm³/mol. The monoisotopic (exact) mass is 284 g/mol. The summed E-state index contributed by atoms with van der Waals surface area (Å²) in [7, 11) is 1.65. The smallest absolute Gasteiger partial charge is 0.263 e. The Bertz CT molecular complexity index is 713. The molecule has 0 aliphatic rings. The zero-order valence-corrected chi connectivity index (χ0v) is 12.2. The van der Waals surface area contributed by atoms with Crippen molar-refractivity contribution in [2.45, 2.75) is 13.8 Å². The number of aryl methyl sites for hydroxylation is 3. The van der Waals surface area contributed by atoms with E-state index in [0.29, 0.717) is 17.1 Å². The van der Waals surface area contributed by atoms with Crippen molar-refractivity contribution in [2.75, 3.05) is 11.9 Å². The molecular weight excluding hydrogens is 268 g/mol. The lowest BCUT2D eigenvalue weighted by molar-refractivity contribution is -0.118. The summed E-state index contributed by atoms with van der Waals surface area (Å²) in [5.41, 5.74) is 2.43. The molecular formula is C15H16N4O2. The van der Waals surface area contributed by atoms with Gasteiger partial charge in [-0.1, -0.05) is 17.7 Å². The average Bonchev–Trinajstić information content (AvgIpc) is 2.78. The van der Waals surface area contributed by atoms with Gasteiger partial charge in [0.15, 0.2) is 6.61 Å². The Hall–Kier alpha value is -2.81. The first-order valence-electron chi connectivity index (χ1n) is 6.43. The van der Waals surface area contributed by atoms with Gasteiger partial charge in [-0.05, 0) is 25.5 Å². The van der Waals surface area contributed by atoms with Crippen molar-refractivity contribution in [3.63, 3.8) is 0 Å². The first kappa shape index (κ1) is 14.6. The van der Waals surface area contributed by atoms with Crippen molar-refractivity contribution < 1.29 is 9.53 Å². The van der Waals surface area contributed by atoms with Gasteiger partial charge >= 0.3 is 0 Å². The predicted octanol–water partition coefficient (Wildman–Crippen LogP) is 1.93. The Balaban J connectivity index is 1.99. The van der Waals surface area contributed by atoms with Gasteiger partial charge < -0.3 is 10.1 Å². The number of aromatic nitrogens is 2. The van der Waals surface area contributed by atoms with Gasteiger partial charge in [0, 0.05) is 7.05 Å². The first-order chi connectivity index (χ1) is 10.0. The van der Waals surface area contributed by atoms with Crippen LogP contribution in [-0.2, 0) is 11.8 Å². The van der Waals surface area contributed by atoms with Gasteiger partial charge in [-0.25, -0.2) is 0 Å². The van der Waals surface area contributed by atoms with Crippen LogP contribution in [0.25, 0.3) is 0 Å². The number of ether oxygens (including phenoxy) is 1. The molecule has 0 saturated carbocycles. The van der Waals surface area contributed by atoms with E-state index in [9.17, 15) is 4.79 Å². The van der Waals surface area contributed by atoms with Crippen LogP contribution < -0.4 is 10.1 Å². The Morgan fingerprint density at radius 1 is 1.48 bits per heavy atom. The molecule has 108 valence electrons. The summed E-state index contributed by atoms with van der Waals surface area (Å²) >= 11 is 0. The summed E-state index contributed by atoms with van der Waals surface area (Å²) in [6.45, 7) is 3.80. The number of hydrogen-bond donors (Lipinski definition) is 1. The highest BCUT2D eigenvalue weighted by Gasteiger charge is 2.12. The number of carbonyl (C=O) groups is 1. The van der Waals surface area contributed by atoms with Gasteiger partial charge in [-0.3, -0.25) is 9.48 Å². The molecule has 0 aliphatic carbocycles. The van der Waals surface area contributed by atoms with Gasteiger partial charge in [-0.2, -0.15) is 10.4 Å². The van der Waals surface area contributed by atoms with Crippen LogP contribution in [0.2, 0.25) is 0 Å². The second-order valence-electron chi connectivity index (χ2n) is 4.75. The van der Waals surface area contributed by atoms with Crippen LogP contribution in [0.1, 0.15) is 16.7 Å². The third-order valence-electron chi connectivity index (χ3n) is 3.01. The van der Waals surface area contributed by atoms with E-state index in [1.165, 1.54) is 10.9 Å². The van der Waals surface area contributed by atoms with Crippen LogP contribution in [0.3, 0.4) is 0 Å². The summed E-state index contributed by atoms with van der Waals surface area (Å²) in [5, 5.41) is 15.5. The second-order valence-corrected chi connectivity index (χ2v) is 4.75. The highest BCUT2D eigenvalue weighted by atomic mass is 16.5. The van der Waals surface area contributed by atoms with Crippen LogP contribution in [-0.4, -0.2) is 22.3 Å². The van der Waals surface area contributed by atoms with E-state index in [1.807, 2.05) is 38.1 Å². The molecule has 2 rings (SSSR count). The normalized spacial score (nSPS) is 10.0. The molecule has 0 aliphatic heterocycles. The maximum Gasteiger partial charge on any atom is 0.263 e. The van der Waals surface area contributed by atoms with E-state index in [0.717, 1.165) is 11.1 Å². The van der Waals surface area contributed by atoms with E-state index < -0.39 is 0 Å². The Labute approximate surface area is 123 Å². The highest BCUT2D eigenvalue weighted by molar-refractivity contribution is 5.92. The van der Waals surface area contributed by atoms with Crippen LogP contribution >= 0.6 is 0 Å². The van der Waals surface area contributed by atoms with Gasteiger partial charge in [0.1, 0.15) is 23.2 Å². The summed E-state index contributed by atoms with van der Waals surface area (Å²) in [4.78, 5) is 11.9. The van der Waals surface area contributed by atoms with Crippen LogP contribution in [0, 0.1) is 25.2 Å². The van der Waals surface area contributed by atoms with Gasteiger partial charge in [0.05, 0.1) is 6.20 Å². The fourth-order valence-corrected chi connectivity index (χ4v) is 1.94. The lowest BCUT2D eigenvalue weighted by Gasteiger charge is -2.10. The number of anilines is 1. The van der Waals surface area contributed by atoms with E-state index in [1.54, 1.807) is 7.05 Å². The van der Waals surface area contributed by atoms with Crippen molar-refractivity contribution in [1.82, 2.24) is 9.78 Å². The maximum atomic E-state index is 11.9. The first-order valence-corrected chi connectivity index (χ1v) is 6.43. The maximum absolute atomic E-state index is 11.9. The van der Waals surface area contributed by atoms with Gasteiger partial charge in [0.2, 0.25) is 0 Å². The molecule has 0 radical (unpaired) electrons. The summed E-state index contributed by atoms with van der Waals surface area (Å²) in [6, 6.07) is 7.72. The number of nitriles is 1. The zero-order chi connectivity index (χ0) is 15.4.